The van der Waals surface area contributed by atoms with Gasteiger partial charge in [-0.15, -0.1) is 0 Å². The third kappa shape index (κ3) is 3.82. The van der Waals surface area contributed by atoms with E-state index < -0.39 is 0 Å². The zero-order valence-electron chi connectivity index (χ0n) is 17.3. The third-order valence-electron chi connectivity index (χ3n) is 5.90. The molecule has 0 saturated carbocycles. The zero-order chi connectivity index (χ0) is 21.3. The van der Waals surface area contributed by atoms with E-state index in [9.17, 15) is 14.0 Å². The second-order valence-electron chi connectivity index (χ2n) is 7.95. The Morgan fingerprint density at radius 2 is 1.60 bits per heavy atom. The van der Waals surface area contributed by atoms with Crippen LogP contribution in [0.25, 0.3) is 5.57 Å². The average Bonchev–Trinajstić information content (AvgIpc) is 2.99. The number of benzene rings is 2. The van der Waals surface area contributed by atoms with Crippen molar-refractivity contribution in [3.8, 4) is 0 Å². The monoisotopic (exact) mass is 407 g/mol. The van der Waals surface area contributed by atoms with Gasteiger partial charge in [0.25, 0.3) is 11.8 Å². The first-order valence-corrected chi connectivity index (χ1v) is 10.5. The van der Waals surface area contributed by atoms with Crippen molar-refractivity contribution in [1.82, 2.24) is 4.90 Å². The van der Waals surface area contributed by atoms with Gasteiger partial charge >= 0.3 is 0 Å². The van der Waals surface area contributed by atoms with Crippen molar-refractivity contribution in [3.63, 3.8) is 0 Å². The molecule has 5 nitrogen and oxygen atoms in total. The molecule has 0 aromatic heterocycles. The van der Waals surface area contributed by atoms with Crippen molar-refractivity contribution < 1.29 is 14.0 Å². The predicted molar refractivity (Wildman–Crippen MR) is 116 cm³/mol. The van der Waals surface area contributed by atoms with Crippen LogP contribution in [0.3, 0.4) is 0 Å². The van der Waals surface area contributed by atoms with Crippen LogP contribution in [-0.2, 0) is 9.59 Å². The van der Waals surface area contributed by atoms with Gasteiger partial charge in [0, 0.05) is 31.0 Å². The maximum absolute atomic E-state index is 13.3. The minimum absolute atomic E-state index is 0.230. The van der Waals surface area contributed by atoms with Crippen LogP contribution in [0.5, 0.6) is 0 Å². The highest BCUT2D eigenvalue weighted by Gasteiger charge is 2.38. The van der Waals surface area contributed by atoms with Crippen molar-refractivity contribution in [1.29, 1.82) is 0 Å². The first-order chi connectivity index (χ1) is 14.5. The summed E-state index contributed by atoms with van der Waals surface area (Å²) in [6.07, 6.45) is 2.38. The number of likely N-dealkylation sites (N-methyl/N-ethyl adjacent to an activating group) is 1. The number of nitrogens with one attached hydrogen (secondary N) is 1. The number of carbonyl (C=O) groups is 2. The molecule has 0 atom stereocenters. The summed E-state index contributed by atoms with van der Waals surface area (Å²) >= 11 is 0. The summed E-state index contributed by atoms with van der Waals surface area (Å²) in [4.78, 5) is 29.2. The van der Waals surface area contributed by atoms with E-state index in [0.29, 0.717) is 5.56 Å². The molecule has 1 fully saturated rings. The number of imide groups is 1. The van der Waals surface area contributed by atoms with Crippen molar-refractivity contribution in [2.75, 3.05) is 29.9 Å². The van der Waals surface area contributed by atoms with E-state index >= 15 is 0 Å². The Labute approximate surface area is 176 Å². The molecule has 1 N–H and O–H groups in total. The first kappa shape index (κ1) is 20.1. The van der Waals surface area contributed by atoms with Crippen LogP contribution < -0.4 is 10.2 Å². The molecule has 0 unspecified atom stereocenters. The Balaban J connectivity index is 1.61. The molecule has 156 valence electrons. The van der Waals surface area contributed by atoms with Crippen LogP contribution in [0, 0.1) is 11.7 Å². The fourth-order valence-electron chi connectivity index (χ4n) is 4.03. The second kappa shape index (κ2) is 8.30. The van der Waals surface area contributed by atoms with Gasteiger partial charge in [-0.05, 0) is 67.6 Å². The highest BCUT2D eigenvalue weighted by atomic mass is 19.1. The summed E-state index contributed by atoms with van der Waals surface area (Å²) in [7, 11) is 0. The van der Waals surface area contributed by atoms with E-state index in [1.807, 2.05) is 24.3 Å². The fraction of sp³-hybridized carbons (Fsp3) is 0.333. The van der Waals surface area contributed by atoms with Gasteiger partial charge < -0.3 is 10.2 Å². The van der Waals surface area contributed by atoms with Crippen LogP contribution in [0.4, 0.5) is 15.8 Å². The molecule has 2 heterocycles. The van der Waals surface area contributed by atoms with Crippen molar-refractivity contribution in [2.45, 2.75) is 26.7 Å². The van der Waals surface area contributed by atoms with Gasteiger partial charge in [-0.1, -0.05) is 19.1 Å². The van der Waals surface area contributed by atoms with Gasteiger partial charge in [-0.25, -0.2) is 4.39 Å². The lowest BCUT2D eigenvalue weighted by molar-refractivity contribution is -0.136. The van der Waals surface area contributed by atoms with E-state index in [2.05, 4.69) is 17.1 Å². The largest absolute Gasteiger partial charge is 0.372 e. The van der Waals surface area contributed by atoms with Crippen LogP contribution in [0.1, 0.15) is 32.3 Å². The fourth-order valence-corrected chi connectivity index (χ4v) is 4.03. The van der Waals surface area contributed by atoms with Crippen LogP contribution in [0.2, 0.25) is 0 Å². The van der Waals surface area contributed by atoms with E-state index in [1.54, 1.807) is 6.92 Å². The van der Waals surface area contributed by atoms with Gasteiger partial charge in [0.05, 0.1) is 5.57 Å². The molecule has 0 aliphatic carbocycles. The minimum Gasteiger partial charge on any atom is -0.372 e. The molecule has 2 aromatic rings. The number of anilines is 2. The van der Waals surface area contributed by atoms with E-state index in [4.69, 9.17) is 0 Å². The summed E-state index contributed by atoms with van der Waals surface area (Å²) in [5.41, 5.74) is 2.92. The van der Waals surface area contributed by atoms with Crippen LogP contribution >= 0.6 is 0 Å². The maximum Gasteiger partial charge on any atom is 0.278 e. The molecule has 2 aliphatic rings. The molecule has 2 aliphatic heterocycles. The Morgan fingerprint density at radius 1 is 0.967 bits per heavy atom. The molecule has 2 aromatic carbocycles. The number of carbonyl (C=O) groups excluding carboxylic acids is 2. The van der Waals surface area contributed by atoms with E-state index in [0.717, 1.165) is 30.4 Å². The standard InChI is InChI=1S/C24H26FN3O2/c1-3-28-23(29)21(17-4-6-18(25)7-5-17)22(24(28)30)26-19-8-10-20(11-9-19)27-14-12-16(2)13-15-27/h4-11,16,26H,3,12-15H2,1-2H3. The molecule has 6 heteroatoms. The number of hydrogen-bond acceptors (Lipinski definition) is 4. The summed E-state index contributed by atoms with van der Waals surface area (Å²) in [5, 5.41) is 3.14. The Bertz CT molecular complexity index is 975. The van der Waals surface area contributed by atoms with E-state index in [1.165, 1.54) is 42.0 Å². The molecule has 0 spiro atoms. The third-order valence-corrected chi connectivity index (χ3v) is 5.90. The lowest BCUT2D eigenvalue weighted by atomic mass is 9.99. The van der Waals surface area contributed by atoms with Gasteiger partial charge in [0.1, 0.15) is 11.5 Å². The van der Waals surface area contributed by atoms with Gasteiger partial charge in [0.2, 0.25) is 0 Å². The average molecular weight is 407 g/mol. The normalized spacial score (nSPS) is 17.8. The molecule has 4 rings (SSSR count). The lowest BCUT2D eigenvalue weighted by Gasteiger charge is -2.32. The van der Waals surface area contributed by atoms with Crippen molar-refractivity contribution >= 4 is 28.8 Å². The lowest BCUT2D eigenvalue weighted by Crippen LogP contribution is -2.32. The van der Waals surface area contributed by atoms with Gasteiger partial charge in [0.15, 0.2) is 0 Å². The summed E-state index contributed by atoms with van der Waals surface area (Å²) in [6, 6.07) is 13.6. The highest BCUT2D eigenvalue weighted by Crippen LogP contribution is 2.31. The van der Waals surface area contributed by atoms with Crippen molar-refractivity contribution in [3.05, 3.63) is 65.6 Å². The molecular formula is C24H26FN3O2. The highest BCUT2D eigenvalue weighted by molar-refractivity contribution is 6.36. The predicted octanol–water partition coefficient (Wildman–Crippen LogP) is 4.27. The summed E-state index contributed by atoms with van der Waals surface area (Å²) in [5.74, 6) is -0.348. The van der Waals surface area contributed by atoms with E-state index in [-0.39, 0.29) is 35.4 Å². The smallest absolute Gasteiger partial charge is 0.278 e. The number of hydrogen-bond donors (Lipinski definition) is 1. The molecule has 1 saturated heterocycles. The van der Waals surface area contributed by atoms with Crippen LogP contribution in [-0.4, -0.2) is 36.3 Å². The number of amides is 2. The minimum atomic E-state index is -0.388. The number of rotatable bonds is 5. The number of halogens is 1. The number of nitrogens with zero attached hydrogens (tertiary/aromatic N) is 2. The quantitative estimate of drug-likeness (QED) is 0.752. The Hall–Kier alpha value is -3.15. The number of piperidine rings is 1. The molecule has 0 radical (unpaired) electrons. The SMILES string of the molecule is CCN1C(=O)C(Nc2ccc(N3CCC(C)CC3)cc2)=C(c2ccc(F)cc2)C1=O. The summed E-state index contributed by atoms with van der Waals surface area (Å²) in [6.45, 7) is 6.42. The zero-order valence-corrected chi connectivity index (χ0v) is 17.3. The van der Waals surface area contributed by atoms with Gasteiger partial charge in [-0.2, -0.15) is 0 Å². The molecule has 30 heavy (non-hydrogen) atoms. The van der Waals surface area contributed by atoms with Crippen LogP contribution in [0.15, 0.2) is 54.2 Å². The molecule has 0 bridgehead atoms. The maximum atomic E-state index is 13.3. The Morgan fingerprint density at radius 3 is 2.20 bits per heavy atom. The first-order valence-electron chi connectivity index (χ1n) is 10.5. The van der Waals surface area contributed by atoms with Crippen molar-refractivity contribution in [2.24, 2.45) is 5.92 Å². The molecular weight excluding hydrogens is 381 g/mol. The van der Waals surface area contributed by atoms with Gasteiger partial charge in [-0.3, -0.25) is 14.5 Å². The topological polar surface area (TPSA) is 52.7 Å². The second-order valence-corrected chi connectivity index (χ2v) is 7.95. The molecule has 2 amide bonds. The summed E-state index contributed by atoms with van der Waals surface area (Å²) < 4.78 is 13.3. The Kier molecular flexibility index (Phi) is 5.57.